The molecule has 0 aliphatic carbocycles. The molecule has 222 valence electrons. The van der Waals surface area contributed by atoms with Gasteiger partial charge in [-0.2, -0.15) is 13.5 Å². The second kappa shape index (κ2) is 14.0. The van der Waals surface area contributed by atoms with Gasteiger partial charge in [-0.3, -0.25) is 4.79 Å². The van der Waals surface area contributed by atoms with Gasteiger partial charge in [0.1, 0.15) is 5.60 Å². The highest BCUT2D eigenvalue weighted by Gasteiger charge is 2.39. The van der Waals surface area contributed by atoms with Crippen LogP contribution in [0.2, 0.25) is 5.02 Å². The van der Waals surface area contributed by atoms with Crippen LogP contribution in [0.4, 0.5) is 23.8 Å². The van der Waals surface area contributed by atoms with Crippen LogP contribution in [0.15, 0.2) is 54.9 Å². The van der Waals surface area contributed by atoms with Crippen LogP contribution in [0.5, 0.6) is 0 Å². The van der Waals surface area contributed by atoms with Gasteiger partial charge in [0.15, 0.2) is 17.8 Å². The predicted molar refractivity (Wildman–Crippen MR) is 149 cm³/mol. The van der Waals surface area contributed by atoms with Crippen LogP contribution in [0, 0.1) is 11.0 Å². The molecule has 0 spiro atoms. The number of aromatic nitrogens is 2. The summed E-state index contributed by atoms with van der Waals surface area (Å²) in [6.45, 7) is 4.34. The molecule has 2 heterocycles. The number of ether oxygens (including phenoxy) is 1. The van der Waals surface area contributed by atoms with E-state index in [0.29, 0.717) is 5.56 Å². The van der Waals surface area contributed by atoms with Crippen LogP contribution in [0.1, 0.15) is 50.6 Å². The van der Waals surface area contributed by atoms with Crippen molar-refractivity contribution >= 4 is 29.4 Å². The summed E-state index contributed by atoms with van der Waals surface area (Å²) >= 11 is 6.06. The van der Waals surface area contributed by atoms with E-state index in [2.05, 4.69) is 20.9 Å². The quantitative estimate of drug-likeness (QED) is 0.218. The van der Waals surface area contributed by atoms with Gasteiger partial charge in [-0.1, -0.05) is 43.3 Å². The third-order valence-electron chi connectivity index (χ3n) is 5.50. The number of alkyl halides is 2. The number of hydrogen-bond donors (Lipinski definition) is 3. The average molecular weight is 596 g/mol. The van der Waals surface area contributed by atoms with Crippen molar-refractivity contribution in [3.05, 3.63) is 93.3 Å². The lowest BCUT2D eigenvalue weighted by Gasteiger charge is -2.20. The Kier molecular flexibility index (Phi) is 11.3. The van der Waals surface area contributed by atoms with E-state index >= 15 is 4.39 Å². The summed E-state index contributed by atoms with van der Waals surface area (Å²) in [5.74, 6) is -5.84. The van der Waals surface area contributed by atoms with Gasteiger partial charge < -0.3 is 25.9 Å². The maximum absolute atomic E-state index is 15.1. The monoisotopic (exact) mass is 595 g/mol. The van der Waals surface area contributed by atoms with Gasteiger partial charge in [0.2, 0.25) is 5.91 Å². The molecule has 2 aromatic heterocycles. The summed E-state index contributed by atoms with van der Waals surface area (Å²) in [7, 11) is 0. The Morgan fingerprint density at radius 2 is 1.66 bits per heavy atom. The van der Waals surface area contributed by atoms with E-state index in [9.17, 15) is 23.6 Å². The fourth-order valence-corrected chi connectivity index (χ4v) is 3.79. The summed E-state index contributed by atoms with van der Waals surface area (Å²) in [6.07, 6.45) is 0.890. The van der Waals surface area contributed by atoms with Crippen molar-refractivity contribution < 1.29 is 32.2 Å². The molecule has 0 aliphatic rings. The number of rotatable bonds is 10. The van der Waals surface area contributed by atoms with Crippen LogP contribution in [0.25, 0.3) is 0 Å². The van der Waals surface area contributed by atoms with Crippen molar-refractivity contribution in [2.45, 2.75) is 59.2 Å². The molecule has 1 aromatic carbocycles. The Balaban J connectivity index is 0.00000588. The number of nitrogens with one attached hydrogen (secondary N) is 3. The number of hydrogen-bond acceptors (Lipinski definition) is 6. The van der Waals surface area contributed by atoms with Gasteiger partial charge in [0.25, 0.3) is 5.69 Å². The second-order valence-corrected chi connectivity index (χ2v) is 10.2. The minimum atomic E-state index is -3.64. The van der Waals surface area contributed by atoms with Crippen LogP contribution >= 0.6 is 11.6 Å². The van der Waals surface area contributed by atoms with Crippen molar-refractivity contribution in [2.75, 3.05) is 11.9 Å². The number of halogens is 4. The number of alkyl carbamates (subject to hydrolysis) is 1. The molecule has 0 radical (unpaired) electrons. The van der Waals surface area contributed by atoms with Crippen molar-refractivity contribution in [2.24, 2.45) is 0 Å². The highest BCUT2D eigenvalue weighted by Crippen LogP contribution is 2.28. The molecule has 41 heavy (non-hydrogen) atoms. The molecule has 3 rings (SSSR count). The SMILES string of the molecule is C.CC(C)(C)OC(=O)NCc1ccccc1CNC(=O)Cc1c(Cl)cnc(NCC(F)(F)c2cccc[n+]2[O-])c1F. The summed E-state index contributed by atoms with van der Waals surface area (Å²) < 4.78 is 49.4. The standard InChI is InChI=1S/C27H29ClF3N5O4.CH4/c1-26(2,3)40-25(38)34-14-18-9-5-4-8-17(18)13-32-22(37)12-19-20(28)15-33-24(23(19)29)35-16-27(30,31)21-10-6-7-11-36(21)39;/h4-11,15H,12-14,16H2,1-3H3,(H,32,37)(H,33,35)(H,34,38);1H4. The minimum Gasteiger partial charge on any atom is -0.618 e. The molecule has 0 aliphatic heterocycles. The lowest BCUT2D eigenvalue weighted by atomic mass is 10.1. The second-order valence-electron chi connectivity index (χ2n) is 9.79. The lowest BCUT2D eigenvalue weighted by Crippen LogP contribution is -2.41. The van der Waals surface area contributed by atoms with E-state index in [1.807, 2.05) is 0 Å². The third-order valence-corrected chi connectivity index (χ3v) is 5.82. The number of amides is 2. The van der Waals surface area contributed by atoms with E-state index in [1.54, 1.807) is 45.0 Å². The van der Waals surface area contributed by atoms with Crippen LogP contribution in [-0.2, 0) is 35.0 Å². The van der Waals surface area contributed by atoms with E-state index < -0.39 is 53.8 Å². The Hall–Kier alpha value is -4.06. The Labute approximate surface area is 241 Å². The smallest absolute Gasteiger partial charge is 0.407 e. The van der Waals surface area contributed by atoms with Crippen LogP contribution in [-0.4, -0.2) is 29.1 Å². The fraction of sp³-hybridized carbons (Fsp3) is 0.357. The number of carbonyl (C=O) groups is 2. The molecular weight excluding hydrogens is 563 g/mol. The highest BCUT2D eigenvalue weighted by atomic mass is 35.5. The Morgan fingerprint density at radius 1 is 1.05 bits per heavy atom. The maximum atomic E-state index is 15.1. The molecule has 3 aromatic rings. The van der Waals surface area contributed by atoms with Crippen LogP contribution < -0.4 is 20.7 Å². The minimum absolute atomic E-state index is 0. The largest absolute Gasteiger partial charge is 0.618 e. The molecular formula is C28H33ClF3N5O4. The van der Waals surface area contributed by atoms with E-state index in [1.165, 1.54) is 12.1 Å². The molecule has 0 fully saturated rings. The van der Waals surface area contributed by atoms with Gasteiger partial charge >= 0.3 is 12.0 Å². The van der Waals surface area contributed by atoms with E-state index in [4.69, 9.17) is 16.3 Å². The van der Waals surface area contributed by atoms with Crippen molar-refractivity contribution in [3.63, 3.8) is 0 Å². The highest BCUT2D eigenvalue weighted by molar-refractivity contribution is 6.31. The van der Waals surface area contributed by atoms with Crippen molar-refractivity contribution in [1.29, 1.82) is 0 Å². The topological polar surface area (TPSA) is 119 Å². The van der Waals surface area contributed by atoms with Gasteiger partial charge in [0.05, 0.1) is 18.0 Å². The molecule has 0 atom stereocenters. The van der Waals surface area contributed by atoms with Gasteiger partial charge in [-0.15, -0.1) is 0 Å². The van der Waals surface area contributed by atoms with Gasteiger partial charge in [-0.25, -0.2) is 14.2 Å². The molecule has 2 amide bonds. The van der Waals surface area contributed by atoms with Crippen molar-refractivity contribution in [1.82, 2.24) is 15.6 Å². The molecule has 0 saturated carbocycles. The molecule has 0 unspecified atom stereocenters. The molecule has 13 heteroatoms. The Morgan fingerprint density at radius 3 is 2.27 bits per heavy atom. The van der Waals surface area contributed by atoms with E-state index in [0.717, 1.165) is 24.0 Å². The maximum Gasteiger partial charge on any atom is 0.407 e. The number of carbonyl (C=O) groups excluding carboxylic acids is 2. The fourth-order valence-electron chi connectivity index (χ4n) is 3.59. The molecule has 3 N–H and O–H groups in total. The average Bonchev–Trinajstić information content (AvgIpc) is 2.88. The first-order valence-corrected chi connectivity index (χ1v) is 12.6. The first-order chi connectivity index (χ1) is 18.8. The van der Waals surface area contributed by atoms with Crippen LogP contribution in [0.3, 0.4) is 0 Å². The zero-order chi connectivity index (χ0) is 29.5. The molecule has 9 nitrogen and oxygen atoms in total. The zero-order valence-corrected chi connectivity index (χ0v) is 22.8. The normalized spacial score (nSPS) is 11.3. The van der Waals surface area contributed by atoms with Gasteiger partial charge in [-0.05, 0) is 38.0 Å². The Bertz CT molecular complexity index is 1370. The number of pyridine rings is 2. The lowest BCUT2D eigenvalue weighted by molar-refractivity contribution is -0.624. The number of benzene rings is 1. The number of nitrogens with zero attached hydrogens (tertiary/aromatic N) is 2. The summed E-state index contributed by atoms with van der Waals surface area (Å²) in [5.41, 5.74) is -0.281. The summed E-state index contributed by atoms with van der Waals surface area (Å²) in [6, 6.07) is 10.6. The first kappa shape index (κ1) is 33.1. The van der Waals surface area contributed by atoms with E-state index in [-0.39, 0.29) is 35.8 Å². The third kappa shape index (κ3) is 9.52. The molecule has 0 bridgehead atoms. The summed E-state index contributed by atoms with van der Waals surface area (Å²) in [4.78, 5) is 28.3. The predicted octanol–water partition coefficient (Wildman–Crippen LogP) is 5.23. The summed E-state index contributed by atoms with van der Waals surface area (Å²) in [5, 5.41) is 19.1. The zero-order valence-electron chi connectivity index (χ0n) is 22.1. The number of anilines is 1. The molecule has 0 saturated heterocycles. The van der Waals surface area contributed by atoms with Gasteiger partial charge in [0, 0.05) is 37.0 Å². The van der Waals surface area contributed by atoms with Crippen molar-refractivity contribution in [3.8, 4) is 0 Å². The first-order valence-electron chi connectivity index (χ1n) is 12.2.